The van der Waals surface area contributed by atoms with Crippen LogP contribution in [0.1, 0.15) is 39.0 Å². The lowest BCUT2D eigenvalue weighted by atomic mass is 9.85. The van der Waals surface area contributed by atoms with Gasteiger partial charge in [0.1, 0.15) is 11.5 Å². The zero-order chi connectivity index (χ0) is 21.2. The molecule has 1 aliphatic rings. The molecule has 1 saturated carbocycles. The van der Waals surface area contributed by atoms with Crippen LogP contribution in [0, 0.1) is 5.92 Å². The third-order valence-corrected chi connectivity index (χ3v) is 7.07. The number of aromatic nitrogens is 4. The van der Waals surface area contributed by atoms with Gasteiger partial charge in [0, 0.05) is 37.6 Å². The second-order valence-corrected chi connectivity index (χ2v) is 9.33. The maximum absolute atomic E-state index is 6.14. The second-order valence-electron chi connectivity index (χ2n) is 8.30. The monoisotopic (exact) mass is 433 g/mol. The van der Waals surface area contributed by atoms with Gasteiger partial charge in [-0.1, -0.05) is 30.6 Å². The fourth-order valence-electron chi connectivity index (χ4n) is 4.35. The number of fused-ring (bicyclic) bond motifs is 1. The number of thiazole rings is 1. The molecule has 0 bridgehead atoms. The quantitative estimate of drug-likeness (QED) is 0.388. The van der Waals surface area contributed by atoms with Gasteiger partial charge in [0.15, 0.2) is 5.13 Å². The van der Waals surface area contributed by atoms with Crippen molar-refractivity contribution in [1.82, 2.24) is 19.7 Å². The van der Waals surface area contributed by atoms with E-state index in [0.29, 0.717) is 6.04 Å². The van der Waals surface area contributed by atoms with E-state index in [1.165, 1.54) is 32.1 Å². The van der Waals surface area contributed by atoms with Crippen LogP contribution >= 0.6 is 11.3 Å². The van der Waals surface area contributed by atoms with Crippen LogP contribution in [0.2, 0.25) is 0 Å². The van der Waals surface area contributed by atoms with Crippen molar-refractivity contribution in [3.63, 3.8) is 0 Å². The number of nitrogens with one attached hydrogen (secondary N) is 1. The fraction of sp³-hybridized carbons (Fsp3) is 0.375. The molecule has 0 radical (unpaired) electrons. The maximum Gasteiger partial charge on any atom is 0.184 e. The first-order chi connectivity index (χ1) is 15.2. The summed E-state index contributed by atoms with van der Waals surface area (Å²) in [6.45, 7) is 2.29. The van der Waals surface area contributed by atoms with Gasteiger partial charge >= 0.3 is 0 Å². The van der Waals surface area contributed by atoms with Crippen molar-refractivity contribution in [2.24, 2.45) is 13.0 Å². The lowest BCUT2D eigenvalue weighted by Crippen LogP contribution is -2.27. The third-order valence-electron chi connectivity index (χ3n) is 6.12. The van der Waals surface area contributed by atoms with E-state index in [4.69, 9.17) is 9.72 Å². The van der Waals surface area contributed by atoms with Gasteiger partial charge in [0.25, 0.3) is 0 Å². The molecule has 4 aromatic rings. The molecule has 0 aliphatic heterocycles. The topological polar surface area (TPSA) is 64.9 Å². The van der Waals surface area contributed by atoms with Crippen LogP contribution in [0.3, 0.4) is 0 Å². The highest BCUT2D eigenvalue weighted by Crippen LogP contribution is 2.34. The van der Waals surface area contributed by atoms with Crippen LogP contribution in [0.4, 0.5) is 5.13 Å². The lowest BCUT2D eigenvalue weighted by molar-refractivity contribution is 0.328. The summed E-state index contributed by atoms with van der Waals surface area (Å²) in [5.41, 5.74) is 2.78. The first-order valence-corrected chi connectivity index (χ1v) is 11.8. The van der Waals surface area contributed by atoms with E-state index in [2.05, 4.69) is 28.4 Å². The zero-order valence-corrected chi connectivity index (χ0v) is 18.7. The molecule has 1 fully saturated rings. The van der Waals surface area contributed by atoms with Crippen molar-refractivity contribution >= 4 is 26.7 Å². The minimum absolute atomic E-state index is 0.457. The van der Waals surface area contributed by atoms with Gasteiger partial charge < -0.3 is 10.1 Å². The van der Waals surface area contributed by atoms with Crippen LogP contribution in [0.5, 0.6) is 11.5 Å². The normalized spacial score (nSPS) is 15.8. The number of anilines is 1. The number of aryl methyl sites for hydroxylation is 1. The summed E-state index contributed by atoms with van der Waals surface area (Å²) < 4.78 is 9.07. The van der Waals surface area contributed by atoms with E-state index in [1.54, 1.807) is 28.4 Å². The highest BCUT2D eigenvalue weighted by Gasteiger charge is 2.21. The van der Waals surface area contributed by atoms with Crippen molar-refractivity contribution < 1.29 is 4.74 Å². The molecular weight excluding hydrogens is 406 g/mol. The highest BCUT2D eigenvalue weighted by molar-refractivity contribution is 7.22. The smallest absolute Gasteiger partial charge is 0.184 e. The molecule has 7 heteroatoms. The van der Waals surface area contributed by atoms with Crippen molar-refractivity contribution in [3.05, 3.63) is 48.8 Å². The molecule has 0 spiro atoms. The Balaban J connectivity index is 1.32. The van der Waals surface area contributed by atoms with Crippen LogP contribution in [0.15, 0.2) is 48.8 Å². The zero-order valence-electron chi connectivity index (χ0n) is 17.9. The molecule has 0 amide bonds. The average Bonchev–Trinajstić information content (AvgIpc) is 3.39. The van der Waals surface area contributed by atoms with E-state index in [1.807, 2.05) is 37.4 Å². The lowest BCUT2D eigenvalue weighted by Gasteiger charge is -2.28. The number of rotatable bonds is 6. The number of hydrogen-bond donors (Lipinski definition) is 1. The molecule has 6 nitrogen and oxygen atoms in total. The fourth-order valence-corrected chi connectivity index (χ4v) is 5.34. The number of ether oxygens (including phenoxy) is 1. The predicted octanol–water partition coefficient (Wildman–Crippen LogP) is 6.26. The standard InChI is InChI=1S/C24H27N5OS/c1-16(17-6-4-3-5-7-17)27-24-28-20-9-8-18(15-23(20)31-24)30-19-10-12-25-21(14-19)22-11-13-26-29(22)2/h8-17H,3-7H2,1-2H3,(H,27,28)/t16-/m0/s1. The van der Waals surface area contributed by atoms with E-state index in [0.717, 1.165) is 44.2 Å². The first kappa shape index (κ1) is 20.0. The molecule has 0 saturated heterocycles. The van der Waals surface area contributed by atoms with Gasteiger partial charge in [-0.05, 0) is 49.9 Å². The molecule has 31 heavy (non-hydrogen) atoms. The molecule has 5 rings (SSSR count). The molecule has 160 valence electrons. The van der Waals surface area contributed by atoms with Gasteiger partial charge in [0.2, 0.25) is 0 Å². The summed E-state index contributed by atoms with van der Waals surface area (Å²) in [5.74, 6) is 2.30. The molecular formula is C24H27N5OS. The van der Waals surface area contributed by atoms with Gasteiger partial charge in [-0.3, -0.25) is 9.67 Å². The largest absolute Gasteiger partial charge is 0.457 e. The predicted molar refractivity (Wildman–Crippen MR) is 126 cm³/mol. The second kappa shape index (κ2) is 8.67. The van der Waals surface area contributed by atoms with Crippen LogP contribution in [0.25, 0.3) is 21.6 Å². The number of benzene rings is 1. The minimum Gasteiger partial charge on any atom is -0.457 e. The van der Waals surface area contributed by atoms with Gasteiger partial charge in [-0.25, -0.2) is 4.98 Å². The van der Waals surface area contributed by atoms with E-state index in [9.17, 15) is 0 Å². The third kappa shape index (κ3) is 4.42. The maximum atomic E-state index is 6.14. The van der Waals surface area contributed by atoms with Gasteiger partial charge in [0.05, 0.1) is 21.6 Å². The molecule has 3 heterocycles. The van der Waals surface area contributed by atoms with Crippen LogP contribution in [-0.2, 0) is 7.05 Å². The van der Waals surface area contributed by atoms with Gasteiger partial charge in [-0.15, -0.1) is 0 Å². The van der Waals surface area contributed by atoms with Crippen LogP contribution in [-0.4, -0.2) is 25.8 Å². The van der Waals surface area contributed by atoms with E-state index < -0.39 is 0 Å². The summed E-state index contributed by atoms with van der Waals surface area (Å²) in [5, 5.41) is 8.86. The summed E-state index contributed by atoms with van der Waals surface area (Å²) >= 11 is 1.69. The Morgan fingerprint density at radius 1 is 1.06 bits per heavy atom. The molecule has 1 aliphatic carbocycles. The Morgan fingerprint density at radius 2 is 1.90 bits per heavy atom. The number of hydrogen-bond acceptors (Lipinski definition) is 6. The van der Waals surface area contributed by atoms with Crippen molar-refractivity contribution in [3.8, 4) is 22.9 Å². The average molecular weight is 434 g/mol. The van der Waals surface area contributed by atoms with Crippen molar-refractivity contribution in [1.29, 1.82) is 0 Å². The molecule has 1 aromatic carbocycles. The number of pyridine rings is 1. The van der Waals surface area contributed by atoms with Crippen LogP contribution < -0.4 is 10.1 Å². The summed E-state index contributed by atoms with van der Waals surface area (Å²) in [6.07, 6.45) is 10.3. The van der Waals surface area contributed by atoms with Crippen molar-refractivity contribution in [2.75, 3.05) is 5.32 Å². The molecule has 1 atom stereocenters. The van der Waals surface area contributed by atoms with Gasteiger partial charge in [-0.2, -0.15) is 5.10 Å². The summed E-state index contributed by atoms with van der Waals surface area (Å²) in [7, 11) is 1.91. The minimum atomic E-state index is 0.457. The van der Waals surface area contributed by atoms with E-state index in [-0.39, 0.29) is 0 Å². The Labute approximate surface area is 186 Å². The highest BCUT2D eigenvalue weighted by atomic mass is 32.1. The van der Waals surface area contributed by atoms with Crippen molar-refractivity contribution in [2.45, 2.75) is 45.1 Å². The Bertz CT molecular complexity index is 1180. The first-order valence-electron chi connectivity index (χ1n) is 10.9. The molecule has 0 unspecified atom stereocenters. The SMILES string of the molecule is C[C@H](Nc1nc2ccc(Oc3ccnc(-c4ccnn4C)c3)cc2s1)C1CCCCC1. The number of nitrogens with zero attached hydrogens (tertiary/aromatic N) is 4. The molecule has 3 aromatic heterocycles. The van der Waals surface area contributed by atoms with E-state index >= 15 is 0 Å². The Hall–Kier alpha value is -2.93. The Morgan fingerprint density at radius 3 is 2.71 bits per heavy atom. The summed E-state index contributed by atoms with van der Waals surface area (Å²) in [4.78, 5) is 9.23. The Kier molecular flexibility index (Phi) is 5.59. The molecule has 1 N–H and O–H groups in total. The summed E-state index contributed by atoms with van der Waals surface area (Å²) in [6, 6.07) is 12.3.